The zero-order valence-electron chi connectivity index (χ0n) is 12.5. The summed E-state index contributed by atoms with van der Waals surface area (Å²) in [5, 5.41) is 16.1. The highest BCUT2D eigenvalue weighted by Gasteiger charge is 2.16. The van der Waals surface area contributed by atoms with Crippen molar-refractivity contribution in [2.24, 2.45) is 0 Å². The highest BCUT2D eigenvalue weighted by atomic mass is 35.5. The van der Waals surface area contributed by atoms with Gasteiger partial charge in [0.1, 0.15) is 11.9 Å². The van der Waals surface area contributed by atoms with Crippen molar-refractivity contribution in [1.82, 2.24) is 5.32 Å². The normalized spacial score (nSPS) is 13.5. The largest absolute Gasteiger partial charge is 0.467 e. The fourth-order valence-electron chi connectivity index (χ4n) is 2.10. The van der Waals surface area contributed by atoms with Gasteiger partial charge in [-0.2, -0.15) is 0 Å². The fourth-order valence-corrected chi connectivity index (χ4v) is 2.27. The zero-order valence-corrected chi connectivity index (χ0v) is 13.2. The lowest BCUT2D eigenvalue weighted by molar-refractivity contribution is 0.130. The van der Waals surface area contributed by atoms with E-state index in [2.05, 4.69) is 10.6 Å². The third-order valence-corrected chi connectivity index (χ3v) is 3.51. The van der Waals surface area contributed by atoms with E-state index in [1.807, 2.05) is 19.9 Å². The van der Waals surface area contributed by atoms with Crippen molar-refractivity contribution in [2.45, 2.75) is 32.4 Å². The number of rotatable bonds is 5. The molecule has 3 N–H and O–H groups in total. The summed E-state index contributed by atoms with van der Waals surface area (Å²) in [6.45, 7) is 3.70. The summed E-state index contributed by atoms with van der Waals surface area (Å²) in [5.74, 6) is 0.486. The van der Waals surface area contributed by atoms with Gasteiger partial charge in [-0.1, -0.05) is 17.7 Å². The first-order valence-electron chi connectivity index (χ1n) is 7.01. The van der Waals surface area contributed by atoms with Gasteiger partial charge in [0.15, 0.2) is 0 Å². The number of hydrogen-bond donors (Lipinski definition) is 3. The number of halogens is 1. The SMILES string of the molecule is Cc1ccc(Cl)cc1NC(=O)NC(C)CC(O)c1ccco1. The molecule has 0 saturated heterocycles. The third-order valence-electron chi connectivity index (χ3n) is 3.27. The van der Waals surface area contributed by atoms with Crippen LogP contribution in [0.2, 0.25) is 5.02 Å². The van der Waals surface area contributed by atoms with Crippen LogP contribution < -0.4 is 10.6 Å². The molecule has 0 radical (unpaired) electrons. The van der Waals surface area contributed by atoms with Crippen molar-refractivity contribution in [2.75, 3.05) is 5.32 Å². The molecule has 0 aliphatic heterocycles. The Morgan fingerprint density at radius 2 is 2.18 bits per heavy atom. The lowest BCUT2D eigenvalue weighted by Crippen LogP contribution is -2.37. The van der Waals surface area contributed by atoms with Crippen LogP contribution in [0.4, 0.5) is 10.5 Å². The maximum absolute atomic E-state index is 12.0. The summed E-state index contributed by atoms with van der Waals surface area (Å²) in [5.41, 5.74) is 1.58. The van der Waals surface area contributed by atoms with Crippen LogP contribution >= 0.6 is 11.6 Å². The predicted octanol–water partition coefficient (Wildman–Crippen LogP) is 3.88. The molecule has 2 amide bonds. The van der Waals surface area contributed by atoms with Crippen LogP contribution in [0.1, 0.15) is 30.8 Å². The van der Waals surface area contributed by atoms with Gasteiger partial charge in [-0.3, -0.25) is 0 Å². The Morgan fingerprint density at radius 3 is 2.86 bits per heavy atom. The number of urea groups is 1. The highest BCUT2D eigenvalue weighted by molar-refractivity contribution is 6.31. The van der Waals surface area contributed by atoms with Gasteiger partial charge in [-0.25, -0.2) is 4.79 Å². The number of carbonyl (C=O) groups is 1. The molecule has 0 saturated carbocycles. The van der Waals surface area contributed by atoms with Crippen LogP contribution in [0.5, 0.6) is 0 Å². The van der Waals surface area contributed by atoms with Crippen molar-refractivity contribution >= 4 is 23.3 Å². The standard InChI is InChI=1S/C16H19ClN2O3/c1-10-5-6-12(17)9-13(10)19-16(21)18-11(2)8-14(20)15-4-3-7-22-15/h3-7,9,11,14,20H,8H2,1-2H3,(H2,18,19,21). The Bertz CT molecular complexity index is 628. The van der Waals surface area contributed by atoms with Crippen LogP contribution in [-0.4, -0.2) is 17.2 Å². The van der Waals surface area contributed by atoms with Crippen LogP contribution in [-0.2, 0) is 0 Å². The van der Waals surface area contributed by atoms with Gasteiger partial charge < -0.3 is 20.2 Å². The van der Waals surface area contributed by atoms with E-state index in [0.717, 1.165) is 5.56 Å². The number of aliphatic hydroxyl groups excluding tert-OH is 1. The Morgan fingerprint density at radius 1 is 1.41 bits per heavy atom. The number of benzene rings is 1. The number of aliphatic hydroxyl groups is 1. The Hall–Kier alpha value is -1.98. The third kappa shape index (κ3) is 4.51. The van der Waals surface area contributed by atoms with E-state index >= 15 is 0 Å². The molecule has 0 bridgehead atoms. The van der Waals surface area contributed by atoms with Gasteiger partial charge in [0, 0.05) is 23.2 Å². The van der Waals surface area contributed by atoms with E-state index < -0.39 is 6.10 Å². The van der Waals surface area contributed by atoms with Crippen molar-refractivity contribution in [3.63, 3.8) is 0 Å². The molecule has 0 fully saturated rings. The fraction of sp³-hybridized carbons (Fsp3) is 0.312. The number of hydrogen-bond acceptors (Lipinski definition) is 3. The van der Waals surface area contributed by atoms with E-state index in [4.69, 9.17) is 16.0 Å². The van der Waals surface area contributed by atoms with E-state index in [0.29, 0.717) is 22.9 Å². The molecule has 2 aromatic rings. The molecule has 0 aliphatic rings. The minimum atomic E-state index is -0.752. The second-order valence-corrected chi connectivity index (χ2v) is 5.66. The number of furan rings is 1. The lowest BCUT2D eigenvalue weighted by atomic mass is 10.1. The van der Waals surface area contributed by atoms with Gasteiger partial charge >= 0.3 is 6.03 Å². The van der Waals surface area contributed by atoms with Gasteiger partial charge in [-0.05, 0) is 43.7 Å². The first kappa shape index (κ1) is 16.4. The van der Waals surface area contributed by atoms with E-state index in [9.17, 15) is 9.90 Å². The average molecular weight is 323 g/mol. The molecule has 22 heavy (non-hydrogen) atoms. The monoisotopic (exact) mass is 322 g/mol. The van der Waals surface area contributed by atoms with Crippen LogP contribution in [0.15, 0.2) is 41.0 Å². The topological polar surface area (TPSA) is 74.5 Å². The Labute approximate surface area is 134 Å². The van der Waals surface area contributed by atoms with Gasteiger partial charge in [-0.15, -0.1) is 0 Å². The summed E-state index contributed by atoms with van der Waals surface area (Å²) >= 11 is 5.92. The molecule has 2 unspecified atom stereocenters. The van der Waals surface area contributed by atoms with E-state index in [1.54, 1.807) is 24.3 Å². The number of carbonyl (C=O) groups excluding carboxylic acids is 1. The van der Waals surface area contributed by atoms with E-state index in [1.165, 1.54) is 6.26 Å². The zero-order chi connectivity index (χ0) is 16.1. The quantitative estimate of drug-likeness (QED) is 0.782. The summed E-state index contributed by atoms with van der Waals surface area (Å²) < 4.78 is 5.13. The summed E-state index contributed by atoms with van der Waals surface area (Å²) in [4.78, 5) is 12.0. The summed E-state index contributed by atoms with van der Waals surface area (Å²) in [7, 11) is 0. The van der Waals surface area contributed by atoms with Crippen LogP contribution in [0, 0.1) is 6.92 Å². The molecule has 0 spiro atoms. The number of anilines is 1. The predicted molar refractivity (Wildman–Crippen MR) is 86.1 cm³/mol. The molecule has 1 aromatic heterocycles. The second kappa shape index (κ2) is 7.33. The second-order valence-electron chi connectivity index (χ2n) is 5.23. The van der Waals surface area contributed by atoms with Gasteiger partial charge in [0.05, 0.1) is 6.26 Å². The molecule has 5 nitrogen and oxygen atoms in total. The molecule has 2 atom stereocenters. The Kier molecular flexibility index (Phi) is 5.46. The van der Waals surface area contributed by atoms with E-state index in [-0.39, 0.29) is 12.1 Å². The molecular formula is C16H19ClN2O3. The average Bonchev–Trinajstić information content (AvgIpc) is 2.96. The molecule has 0 aliphatic carbocycles. The molecule has 1 aromatic carbocycles. The minimum absolute atomic E-state index is 0.223. The maximum Gasteiger partial charge on any atom is 0.319 e. The van der Waals surface area contributed by atoms with Crippen molar-refractivity contribution in [1.29, 1.82) is 0 Å². The molecule has 6 heteroatoms. The molecule has 2 rings (SSSR count). The smallest absolute Gasteiger partial charge is 0.319 e. The first-order chi connectivity index (χ1) is 10.5. The minimum Gasteiger partial charge on any atom is -0.467 e. The van der Waals surface area contributed by atoms with Crippen LogP contribution in [0.3, 0.4) is 0 Å². The first-order valence-corrected chi connectivity index (χ1v) is 7.38. The number of aryl methyl sites for hydroxylation is 1. The Balaban J connectivity index is 1.87. The summed E-state index contributed by atoms with van der Waals surface area (Å²) in [6.07, 6.45) is 1.11. The number of amides is 2. The van der Waals surface area contributed by atoms with Gasteiger partial charge in [0.2, 0.25) is 0 Å². The molecular weight excluding hydrogens is 304 g/mol. The number of nitrogens with one attached hydrogen (secondary N) is 2. The van der Waals surface area contributed by atoms with Crippen LogP contribution in [0.25, 0.3) is 0 Å². The highest BCUT2D eigenvalue weighted by Crippen LogP contribution is 2.21. The lowest BCUT2D eigenvalue weighted by Gasteiger charge is -2.17. The molecule has 118 valence electrons. The van der Waals surface area contributed by atoms with Gasteiger partial charge in [0.25, 0.3) is 0 Å². The van der Waals surface area contributed by atoms with Crippen molar-refractivity contribution < 1.29 is 14.3 Å². The summed E-state index contributed by atoms with van der Waals surface area (Å²) in [6, 6.07) is 8.14. The van der Waals surface area contributed by atoms with Crippen molar-refractivity contribution in [3.8, 4) is 0 Å². The van der Waals surface area contributed by atoms with Crippen molar-refractivity contribution in [3.05, 3.63) is 52.9 Å². The molecule has 1 heterocycles. The maximum atomic E-state index is 12.0.